The van der Waals surface area contributed by atoms with Gasteiger partial charge >= 0.3 is 0 Å². The van der Waals surface area contributed by atoms with Gasteiger partial charge in [0.1, 0.15) is 16.8 Å². The summed E-state index contributed by atoms with van der Waals surface area (Å²) in [6.45, 7) is 9.00. The van der Waals surface area contributed by atoms with E-state index in [1.165, 1.54) is 0 Å². The van der Waals surface area contributed by atoms with Gasteiger partial charge in [-0.15, -0.1) is 0 Å². The molecule has 0 aliphatic carbocycles. The Kier molecular flexibility index (Phi) is 4.44. The van der Waals surface area contributed by atoms with E-state index in [1.54, 1.807) is 0 Å². The van der Waals surface area contributed by atoms with E-state index >= 15 is 0 Å². The molecule has 0 aliphatic rings. The van der Waals surface area contributed by atoms with Crippen LogP contribution in [-0.4, -0.2) is 27.5 Å². The van der Waals surface area contributed by atoms with Crippen LogP contribution in [-0.2, 0) is 0 Å². The zero-order valence-electron chi connectivity index (χ0n) is 10.4. The third kappa shape index (κ3) is 3.52. The fraction of sp³-hybridized carbons (Fsp3) is 0.636. The van der Waals surface area contributed by atoms with E-state index in [1.807, 2.05) is 25.6 Å². The molecule has 1 N–H and O–H groups in total. The molecule has 0 aliphatic heterocycles. The molecule has 5 heteroatoms. The number of hydrogen-bond donors (Lipinski definition) is 1. The topological polar surface area (TPSA) is 37.8 Å². The van der Waals surface area contributed by atoms with Crippen LogP contribution in [0.2, 0.25) is 5.15 Å². The summed E-state index contributed by atoms with van der Waals surface area (Å²) >= 11 is 7.83. The van der Waals surface area contributed by atoms with Crippen molar-refractivity contribution in [1.82, 2.24) is 9.97 Å². The molecule has 0 saturated carbocycles. The van der Waals surface area contributed by atoms with E-state index < -0.39 is 0 Å². The fourth-order valence-electron chi connectivity index (χ4n) is 1.14. The summed E-state index contributed by atoms with van der Waals surface area (Å²) in [5.74, 6) is 1.53. The van der Waals surface area contributed by atoms with Gasteiger partial charge in [-0.1, -0.05) is 11.6 Å². The Labute approximate surface area is 106 Å². The van der Waals surface area contributed by atoms with Crippen molar-refractivity contribution in [2.75, 3.05) is 18.1 Å². The van der Waals surface area contributed by atoms with Crippen LogP contribution in [0.5, 0.6) is 0 Å². The van der Waals surface area contributed by atoms with Crippen molar-refractivity contribution in [3.8, 4) is 0 Å². The summed E-state index contributed by atoms with van der Waals surface area (Å²) in [6.07, 6.45) is 2.10. The van der Waals surface area contributed by atoms with Crippen LogP contribution in [0, 0.1) is 13.8 Å². The van der Waals surface area contributed by atoms with Crippen molar-refractivity contribution < 1.29 is 0 Å². The van der Waals surface area contributed by atoms with Crippen molar-refractivity contribution >= 4 is 29.2 Å². The molecule has 16 heavy (non-hydrogen) atoms. The quantitative estimate of drug-likeness (QED) is 0.842. The summed E-state index contributed by atoms with van der Waals surface area (Å²) in [5, 5.41) is 3.85. The minimum Gasteiger partial charge on any atom is -0.368 e. The molecule has 0 fully saturated rings. The zero-order valence-corrected chi connectivity index (χ0v) is 12.0. The average Bonchev–Trinajstić information content (AvgIpc) is 2.21. The Morgan fingerprint density at radius 1 is 1.31 bits per heavy atom. The molecule has 0 atom stereocenters. The van der Waals surface area contributed by atoms with Gasteiger partial charge in [0, 0.05) is 16.9 Å². The third-order valence-electron chi connectivity index (χ3n) is 2.43. The van der Waals surface area contributed by atoms with Gasteiger partial charge in [0.05, 0.1) is 0 Å². The molecule has 0 saturated heterocycles. The monoisotopic (exact) mass is 259 g/mol. The first-order valence-corrected chi connectivity index (χ1v) is 6.76. The Bertz CT molecular complexity index is 380. The smallest absolute Gasteiger partial charge is 0.137 e. The van der Waals surface area contributed by atoms with E-state index in [0.29, 0.717) is 11.0 Å². The molecule has 0 aromatic carbocycles. The summed E-state index contributed by atoms with van der Waals surface area (Å²) in [7, 11) is 0. The van der Waals surface area contributed by atoms with Crippen LogP contribution >= 0.6 is 23.4 Å². The van der Waals surface area contributed by atoms with Crippen molar-refractivity contribution in [2.24, 2.45) is 0 Å². The molecule has 1 aromatic heterocycles. The molecule has 90 valence electrons. The van der Waals surface area contributed by atoms with Gasteiger partial charge in [-0.3, -0.25) is 0 Å². The lowest BCUT2D eigenvalue weighted by Crippen LogP contribution is -2.26. The number of aryl methyl sites for hydroxylation is 1. The van der Waals surface area contributed by atoms with Gasteiger partial charge in [0.25, 0.3) is 0 Å². The number of halogens is 1. The molecule has 1 aromatic rings. The highest BCUT2D eigenvalue weighted by Crippen LogP contribution is 2.24. The molecule has 1 rings (SSSR count). The zero-order chi connectivity index (χ0) is 12.3. The molecule has 1 heterocycles. The van der Waals surface area contributed by atoms with Crippen LogP contribution in [0.1, 0.15) is 25.2 Å². The summed E-state index contributed by atoms with van der Waals surface area (Å²) in [5.41, 5.74) is 0.907. The Balaban J connectivity index is 2.82. The highest BCUT2D eigenvalue weighted by molar-refractivity contribution is 7.99. The van der Waals surface area contributed by atoms with E-state index in [4.69, 9.17) is 11.6 Å². The molecule has 0 unspecified atom stereocenters. The maximum atomic E-state index is 6.01. The lowest BCUT2D eigenvalue weighted by molar-refractivity contribution is 0.748. The first-order chi connectivity index (χ1) is 7.35. The highest BCUT2D eigenvalue weighted by atomic mass is 35.5. The normalized spacial score (nSPS) is 11.6. The minimum absolute atomic E-state index is 0.178. The van der Waals surface area contributed by atoms with E-state index in [-0.39, 0.29) is 4.75 Å². The van der Waals surface area contributed by atoms with E-state index in [2.05, 4.69) is 35.4 Å². The second kappa shape index (κ2) is 5.23. The van der Waals surface area contributed by atoms with Gasteiger partial charge in [0.2, 0.25) is 0 Å². The molecular formula is C11H18ClN3S. The number of aromatic nitrogens is 2. The van der Waals surface area contributed by atoms with Crippen molar-refractivity contribution in [3.05, 3.63) is 16.5 Å². The van der Waals surface area contributed by atoms with Crippen molar-refractivity contribution in [2.45, 2.75) is 32.4 Å². The van der Waals surface area contributed by atoms with Crippen LogP contribution in [0.25, 0.3) is 0 Å². The molecular weight excluding hydrogens is 242 g/mol. The minimum atomic E-state index is 0.178. The first-order valence-electron chi connectivity index (χ1n) is 5.15. The lowest BCUT2D eigenvalue weighted by atomic mass is 10.2. The SMILES string of the molecule is CSC(C)(C)CNc1nc(C)nc(Cl)c1C. The summed E-state index contributed by atoms with van der Waals surface area (Å²) in [4.78, 5) is 8.46. The number of thioether (sulfide) groups is 1. The number of nitrogens with one attached hydrogen (secondary N) is 1. The van der Waals surface area contributed by atoms with Crippen LogP contribution in [0.15, 0.2) is 0 Å². The predicted molar refractivity (Wildman–Crippen MR) is 72.6 cm³/mol. The summed E-state index contributed by atoms with van der Waals surface area (Å²) < 4.78 is 0.178. The molecule has 3 nitrogen and oxygen atoms in total. The Hall–Kier alpha value is -0.480. The van der Waals surface area contributed by atoms with Crippen molar-refractivity contribution in [3.63, 3.8) is 0 Å². The molecule has 0 amide bonds. The van der Waals surface area contributed by atoms with Gasteiger partial charge in [0.15, 0.2) is 0 Å². The third-order valence-corrected chi connectivity index (χ3v) is 4.05. The molecule has 0 bridgehead atoms. The first kappa shape index (κ1) is 13.6. The van der Waals surface area contributed by atoms with Gasteiger partial charge in [-0.2, -0.15) is 11.8 Å². The standard InChI is InChI=1S/C11H18ClN3S/c1-7-9(12)14-8(2)15-10(7)13-6-11(3,4)16-5/h6H2,1-5H3,(H,13,14,15). The second-order valence-corrected chi connectivity index (χ2v) is 6.22. The van der Waals surface area contributed by atoms with E-state index in [9.17, 15) is 0 Å². The predicted octanol–water partition coefficient (Wildman–Crippen LogP) is 3.30. The second-order valence-electron chi connectivity index (χ2n) is 4.35. The average molecular weight is 260 g/mol. The molecule has 0 radical (unpaired) electrons. The van der Waals surface area contributed by atoms with Crippen LogP contribution in [0.4, 0.5) is 5.82 Å². The van der Waals surface area contributed by atoms with Crippen LogP contribution in [0.3, 0.4) is 0 Å². The van der Waals surface area contributed by atoms with Crippen molar-refractivity contribution in [1.29, 1.82) is 0 Å². The number of hydrogen-bond acceptors (Lipinski definition) is 4. The Morgan fingerprint density at radius 2 is 1.94 bits per heavy atom. The lowest BCUT2D eigenvalue weighted by Gasteiger charge is -2.23. The number of nitrogens with zero attached hydrogens (tertiary/aromatic N) is 2. The largest absolute Gasteiger partial charge is 0.368 e. The van der Waals surface area contributed by atoms with Crippen LogP contribution < -0.4 is 5.32 Å². The Morgan fingerprint density at radius 3 is 2.50 bits per heavy atom. The highest BCUT2D eigenvalue weighted by Gasteiger charge is 2.17. The molecule has 0 spiro atoms. The van der Waals surface area contributed by atoms with Gasteiger partial charge in [-0.25, -0.2) is 9.97 Å². The maximum Gasteiger partial charge on any atom is 0.137 e. The van der Waals surface area contributed by atoms with E-state index in [0.717, 1.165) is 17.9 Å². The van der Waals surface area contributed by atoms with Gasteiger partial charge < -0.3 is 5.32 Å². The van der Waals surface area contributed by atoms with Gasteiger partial charge in [-0.05, 0) is 34.0 Å². The maximum absolute atomic E-state index is 6.01. The fourth-order valence-corrected chi connectivity index (χ4v) is 1.56. The number of rotatable bonds is 4. The number of anilines is 1. The summed E-state index contributed by atoms with van der Waals surface area (Å²) in [6, 6.07) is 0.